The Kier molecular flexibility index (Phi) is 7.89. The Balaban J connectivity index is 1.40. The molecule has 1 saturated heterocycles. The van der Waals surface area contributed by atoms with Crippen molar-refractivity contribution >= 4 is 23.2 Å². The maximum absolute atomic E-state index is 12.1. The lowest BCUT2D eigenvalue weighted by Crippen LogP contribution is -2.36. The third-order valence-electron chi connectivity index (χ3n) is 5.68. The highest BCUT2D eigenvalue weighted by atomic mass is 16.2. The van der Waals surface area contributed by atoms with Gasteiger partial charge in [-0.15, -0.1) is 0 Å². The van der Waals surface area contributed by atoms with Crippen LogP contribution < -0.4 is 15.5 Å². The van der Waals surface area contributed by atoms with Gasteiger partial charge in [-0.05, 0) is 74.4 Å². The number of aryl methyl sites for hydroxylation is 3. The van der Waals surface area contributed by atoms with Crippen LogP contribution in [0.4, 0.5) is 11.4 Å². The van der Waals surface area contributed by atoms with Gasteiger partial charge in [0.1, 0.15) is 0 Å². The normalized spacial score (nSPS) is 14.1. The molecule has 0 saturated carbocycles. The van der Waals surface area contributed by atoms with Crippen molar-refractivity contribution in [1.29, 1.82) is 0 Å². The monoisotopic (exact) mass is 407 g/mol. The molecule has 0 atom stereocenters. The van der Waals surface area contributed by atoms with E-state index in [-0.39, 0.29) is 0 Å². The molecule has 30 heavy (non-hydrogen) atoms. The van der Waals surface area contributed by atoms with E-state index >= 15 is 0 Å². The topological polar surface area (TPSA) is 61.4 Å². The first-order chi connectivity index (χ1) is 14.5. The van der Waals surface area contributed by atoms with Crippen LogP contribution >= 0.6 is 0 Å². The number of hydrogen-bond donors (Lipinski definition) is 2. The highest BCUT2D eigenvalue weighted by Crippen LogP contribution is 2.20. The number of carbonyl (C=O) groups excluding carboxylic acids is 2. The highest BCUT2D eigenvalue weighted by Gasteiger charge is 2.14. The number of carbonyl (C=O) groups is 2. The van der Waals surface area contributed by atoms with Crippen LogP contribution in [-0.2, 0) is 16.0 Å². The summed E-state index contributed by atoms with van der Waals surface area (Å²) < 4.78 is 0. The Morgan fingerprint density at radius 2 is 1.60 bits per heavy atom. The van der Waals surface area contributed by atoms with Crippen molar-refractivity contribution in [2.45, 2.75) is 52.4 Å². The average molecular weight is 408 g/mol. The summed E-state index contributed by atoms with van der Waals surface area (Å²) in [6.45, 7) is 6.64. The van der Waals surface area contributed by atoms with E-state index in [9.17, 15) is 9.59 Å². The van der Waals surface area contributed by atoms with E-state index < -0.39 is 11.8 Å². The molecule has 0 radical (unpaired) electrons. The Bertz CT molecular complexity index is 853. The van der Waals surface area contributed by atoms with Crippen molar-refractivity contribution in [3.8, 4) is 0 Å². The Morgan fingerprint density at radius 3 is 2.30 bits per heavy atom. The quantitative estimate of drug-likeness (QED) is 0.552. The summed E-state index contributed by atoms with van der Waals surface area (Å²) in [6.07, 6.45) is 6.90. The van der Waals surface area contributed by atoms with Gasteiger partial charge in [0.25, 0.3) is 0 Å². The number of anilines is 2. The van der Waals surface area contributed by atoms with Crippen molar-refractivity contribution in [2.24, 2.45) is 0 Å². The minimum absolute atomic E-state index is 0.479. The van der Waals surface area contributed by atoms with Crippen molar-refractivity contribution in [1.82, 2.24) is 5.32 Å². The van der Waals surface area contributed by atoms with E-state index in [2.05, 4.69) is 39.8 Å². The minimum Gasteiger partial charge on any atom is -0.372 e. The lowest BCUT2D eigenvalue weighted by atomic mass is 10.1. The fourth-order valence-electron chi connectivity index (χ4n) is 3.83. The Labute approximate surface area is 179 Å². The summed E-state index contributed by atoms with van der Waals surface area (Å²) in [5, 5.41) is 5.41. The zero-order valence-electron chi connectivity index (χ0n) is 18.2. The van der Waals surface area contributed by atoms with Gasteiger partial charge in [-0.2, -0.15) is 0 Å². The first-order valence-electron chi connectivity index (χ1n) is 11.0. The van der Waals surface area contributed by atoms with E-state index in [1.807, 2.05) is 32.0 Å². The highest BCUT2D eigenvalue weighted by molar-refractivity contribution is 6.39. The van der Waals surface area contributed by atoms with Crippen LogP contribution in [0.25, 0.3) is 0 Å². The van der Waals surface area contributed by atoms with Gasteiger partial charge in [0.2, 0.25) is 0 Å². The Hall–Kier alpha value is -2.82. The predicted octanol–water partition coefficient (Wildman–Crippen LogP) is 4.37. The molecular weight excluding hydrogens is 374 g/mol. The van der Waals surface area contributed by atoms with Gasteiger partial charge in [-0.1, -0.05) is 37.1 Å². The summed E-state index contributed by atoms with van der Waals surface area (Å²) in [4.78, 5) is 26.7. The molecule has 2 aromatic rings. The summed E-state index contributed by atoms with van der Waals surface area (Å²) in [6, 6.07) is 14.5. The van der Waals surface area contributed by atoms with E-state index in [0.29, 0.717) is 12.2 Å². The zero-order valence-corrected chi connectivity index (χ0v) is 18.2. The molecule has 1 fully saturated rings. The smallest absolute Gasteiger partial charge is 0.313 e. The molecule has 1 aliphatic rings. The molecular formula is C25H33N3O2. The molecule has 2 amide bonds. The zero-order chi connectivity index (χ0) is 21.3. The van der Waals surface area contributed by atoms with E-state index in [4.69, 9.17) is 0 Å². The van der Waals surface area contributed by atoms with Gasteiger partial charge in [-0.3, -0.25) is 9.59 Å². The SMILES string of the molecule is Cc1ccc(C)c(NC(=O)C(=O)NCCCc2ccc(N3CCCCCC3)cc2)c1. The van der Waals surface area contributed by atoms with Crippen LogP contribution in [0.1, 0.15) is 48.8 Å². The fraction of sp³-hybridized carbons (Fsp3) is 0.440. The minimum atomic E-state index is -0.620. The molecule has 1 heterocycles. The molecule has 5 nitrogen and oxygen atoms in total. The summed E-state index contributed by atoms with van der Waals surface area (Å²) in [5.41, 5.74) is 5.21. The second-order valence-corrected chi connectivity index (χ2v) is 8.20. The second-order valence-electron chi connectivity index (χ2n) is 8.20. The van der Waals surface area contributed by atoms with Gasteiger partial charge in [-0.25, -0.2) is 0 Å². The van der Waals surface area contributed by atoms with Crippen molar-refractivity contribution in [3.63, 3.8) is 0 Å². The van der Waals surface area contributed by atoms with Gasteiger partial charge in [0.15, 0.2) is 0 Å². The Morgan fingerprint density at radius 1 is 0.900 bits per heavy atom. The van der Waals surface area contributed by atoms with Gasteiger partial charge in [0, 0.05) is 31.0 Å². The lowest BCUT2D eigenvalue weighted by molar-refractivity contribution is -0.136. The number of amides is 2. The second kappa shape index (κ2) is 10.8. The molecule has 160 valence electrons. The summed E-state index contributed by atoms with van der Waals surface area (Å²) in [5.74, 6) is -1.21. The van der Waals surface area contributed by atoms with Crippen molar-refractivity contribution in [2.75, 3.05) is 29.9 Å². The van der Waals surface area contributed by atoms with E-state index in [1.54, 1.807) is 0 Å². The average Bonchev–Trinajstić information content (AvgIpc) is 3.03. The molecule has 0 bridgehead atoms. The number of rotatable bonds is 6. The third-order valence-corrected chi connectivity index (χ3v) is 5.68. The number of hydrogen-bond acceptors (Lipinski definition) is 3. The lowest BCUT2D eigenvalue weighted by Gasteiger charge is -2.22. The van der Waals surface area contributed by atoms with Crippen LogP contribution in [0.2, 0.25) is 0 Å². The standard InChI is InChI=1S/C25H33N3O2/c1-19-9-10-20(2)23(18-19)27-25(30)24(29)26-15-7-8-21-11-13-22(14-12-21)28-16-5-3-4-6-17-28/h9-14,18H,3-8,15-17H2,1-2H3,(H,26,29)(H,27,30). The molecule has 0 aliphatic carbocycles. The predicted molar refractivity (Wildman–Crippen MR) is 123 cm³/mol. The summed E-state index contributed by atoms with van der Waals surface area (Å²) in [7, 11) is 0. The molecule has 0 spiro atoms. The molecule has 5 heteroatoms. The fourth-order valence-corrected chi connectivity index (χ4v) is 3.83. The van der Waals surface area contributed by atoms with Crippen LogP contribution in [0.15, 0.2) is 42.5 Å². The first kappa shape index (κ1) is 21.9. The first-order valence-corrected chi connectivity index (χ1v) is 11.0. The maximum atomic E-state index is 12.1. The van der Waals surface area contributed by atoms with E-state index in [0.717, 1.165) is 37.1 Å². The largest absolute Gasteiger partial charge is 0.372 e. The van der Waals surface area contributed by atoms with Crippen LogP contribution in [0.5, 0.6) is 0 Å². The van der Waals surface area contributed by atoms with Gasteiger partial charge < -0.3 is 15.5 Å². The van der Waals surface area contributed by atoms with Gasteiger partial charge >= 0.3 is 11.8 Å². The van der Waals surface area contributed by atoms with Crippen LogP contribution in [0, 0.1) is 13.8 Å². The number of nitrogens with zero attached hydrogens (tertiary/aromatic N) is 1. The number of nitrogens with one attached hydrogen (secondary N) is 2. The molecule has 1 aliphatic heterocycles. The molecule has 2 N–H and O–H groups in total. The molecule has 3 rings (SSSR count). The van der Waals surface area contributed by atoms with Crippen molar-refractivity contribution in [3.05, 3.63) is 59.2 Å². The van der Waals surface area contributed by atoms with E-state index in [1.165, 1.54) is 36.9 Å². The van der Waals surface area contributed by atoms with Crippen molar-refractivity contribution < 1.29 is 9.59 Å². The maximum Gasteiger partial charge on any atom is 0.313 e. The van der Waals surface area contributed by atoms with Crippen LogP contribution in [0.3, 0.4) is 0 Å². The molecule has 0 aromatic heterocycles. The van der Waals surface area contributed by atoms with Crippen LogP contribution in [-0.4, -0.2) is 31.4 Å². The molecule has 2 aromatic carbocycles. The van der Waals surface area contributed by atoms with Gasteiger partial charge in [0.05, 0.1) is 0 Å². The summed E-state index contributed by atoms with van der Waals surface area (Å²) >= 11 is 0. The third kappa shape index (κ3) is 6.34. The number of benzene rings is 2. The molecule has 0 unspecified atom stereocenters.